The third kappa shape index (κ3) is 2.71. The van der Waals surface area contributed by atoms with Crippen LogP contribution < -0.4 is 5.73 Å². The van der Waals surface area contributed by atoms with Crippen LogP contribution in [0.15, 0.2) is 28.4 Å². The van der Waals surface area contributed by atoms with E-state index in [-0.39, 0.29) is 6.04 Å². The van der Waals surface area contributed by atoms with Gasteiger partial charge in [-0.1, -0.05) is 13.3 Å². The number of thiazole rings is 1. The zero-order chi connectivity index (χ0) is 11.4. The smallest absolute Gasteiger partial charge is 0.126 e. The van der Waals surface area contributed by atoms with Crippen molar-refractivity contribution in [2.45, 2.75) is 32.2 Å². The van der Waals surface area contributed by atoms with E-state index in [0.29, 0.717) is 0 Å². The van der Waals surface area contributed by atoms with Crippen molar-refractivity contribution in [3.63, 3.8) is 0 Å². The van der Waals surface area contributed by atoms with Crippen molar-refractivity contribution in [3.8, 4) is 10.6 Å². The summed E-state index contributed by atoms with van der Waals surface area (Å²) in [5, 5.41) is 3.09. The van der Waals surface area contributed by atoms with E-state index in [1.54, 1.807) is 23.9 Å². The molecule has 0 spiro atoms. The van der Waals surface area contributed by atoms with E-state index in [2.05, 4.69) is 17.3 Å². The van der Waals surface area contributed by atoms with Gasteiger partial charge in [-0.3, -0.25) is 0 Å². The van der Waals surface area contributed by atoms with E-state index in [1.165, 1.54) is 0 Å². The number of hydrogen-bond donors (Lipinski definition) is 1. The monoisotopic (exact) mass is 236 g/mol. The Hall–Kier alpha value is -1.13. The van der Waals surface area contributed by atoms with Gasteiger partial charge in [-0.05, 0) is 12.5 Å². The molecule has 0 aliphatic carbocycles. The maximum absolute atomic E-state index is 5.99. The Balaban J connectivity index is 2.03. The second kappa shape index (κ2) is 5.27. The Morgan fingerprint density at radius 1 is 1.56 bits per heavy atom. The Kier molecular flexibility index (Phi) is 3.74. The van der Waals surface area contributed by atoms with Gasteiger partial charge in [0.15, 0.2) is 0 Å². The number of hydrogen-bond acceptors (Lipinski definition) is 4. The number of rotatable bonds is 5. The van der Waals surface area contributed by atoms with Gasteiger partial charge in [0.05, 0.1) is 12.0 Å². The fraction of sp³-hybridized carbons (Fsp3) is 0.417. The van der Waals surface area contributed by atoms with Crippen LogP contribution in [0.25, 0.3) is 10.6 Å². The van der Waals surface area contributed by atoms with Gasteiger partial charge in [-0.15, -0.1) is 11.3 Å². The maximum Gasteiger partial charge on any atom is 0.126 e. The molecule has 4 heteroatoms. The fourth-order valence-electron chi connectivity index (χ4n) is 1.66. The van der Waals surface area contributed by atoms with Crippen LogP contribution in [-0.4, -0.2) is 11.0 Å². The molecule has 86 valence electrons. The topological polar surface area (TPSA) is 52.0 Å². The minimum absolute atomic E-state index is 0.226. The molecule has 16 heavy (non-hydrogen) atoms. The lowest BCUT2D eigenvalue weighted by Gasteiger charge is -2.06. The number of aromatic nitrogens is 1. The fourth-order valence-corrected chi connectivity index (χ4v) is 2.48. The Morgan fingerprint density at radius 2 is 2.44 bits per heavy atom. The Bertz CT molecular complexity index is 422. The average Bonchev–Trinajstić information content (AvgIpc) is 2.86. The van der Waals surface area contributed by atoms with Crippen molar-refractivity contribution >= 4 is 11.3 Å². The van der Waals surface area contributed by atoms with E-state index in [4.69, 9.17) is 10.2 Å². The van der Waals surface area contributed by atoms with Gasteiger partial charge >= 0.3 is 0 Å². The summed E-state index contributed by atoms with van der Waals surface area (Å²) in [5.74, 6) is 0. The van der Waals surface area contributed by atoms with Crippen LogP contribution in [0.5, 0.6) is 0 Å². The zero-order valence-corrected chi connectivity index (χ0v) is 10.2. The molecule has 0 fully saturated rings. The largest absolute Gasteiger partial charge is 0.472 e. The number of nitrogens with zero attached hydrogens (tertiary/aromatic N) is 1. The summed E-state index contributed by atoms with van der Waals surface area (Å²) >= 11 is 1.64. The van der Waals surface area contributed by atoms with E-state index in [1.807, 2.05) is 6.07 Å². The zero-order valence-electron chi connectivity index (χ0n) is 9.35. The van der Waals surface area contributed by atoms with Crippen molar-refractivity contribution in [3.05, 3.63) is 29.7 Å². The highest BCUT2D eigenvalue weighted by atomic mass is 32.1. The lowest BCUT2D eigenvalue weighted by atomic mass is 10.1. The van der Waals surface area contributed by atoms with Crippen LogP contribution >= 0.6 is 11.3 Å². The first-order valence-electron chi connectivity index (χ1n) is 5.52. The first-order valence-corrected chi connectivity index (χ1v) is 6.40. The standard InChI is InChI=1S/C12H16N2OS/c1-2-3-10(13)6-11-8-16-12(14-11)9-4-5-15-7-9/h4-5,7-8,10H,2-3,6,13H2,1H3. The van der Waals surface area contributed by atoms with E-state index >= 15 is 0 Å². The van der Waals surface area contributed by atoms with E-state index < -0.39 is 0 Å². The summed E-state index contributed by atoms with van der Waals surface area (Å²) in [6.07, 6.45) is 6.43. The van der Waals surface area contributed by atoms with Gasteiger partial charge in [-0.2, -0.15) is 0 Å². The molecule has 2 N–H and O–H groups in total. The lowest BCUT2D eigenvalue weighted by molar-refractivity contribution is 0.568. The quantitative estimate of drug-likeness (QED) is 0.868. The summed E-state index contributed by atoms with van der Waals surface area (Å²) in [4.78, 5) is 4.55. The number of furan rings is 1. The highest BCUT2D eigenvalue weighted by Gasteiger charge is 2.08. The van der Waals surface area contributed by atoms with Crippen molar-refractivity contribution in [1.29, 1.82) is 0 Å². The van der Waals surface area contributed by atoms with Crippen molar-refractivity contribution in [2.24, 2.45) is 5.73 Å². The molecule has 1 unspecified atom stereocenters. The van der Waals surface area contributed by atoms with Crippen molar-refractivity contribution in [2.75, 3.05) is 0 Å². The van der Waals surface area contributed by atoms with Gasteiger partial charge in [-0.25, -0.2) is 4.98 Å². The maximum atomic E-state index is 5.99. The summed E-state index contributed by atoms with van der Waals surface area (Å²) in [7, 11) is 0. The summed E-state index contributed by atoms with van der Waals surface area (Å²) in [6.45, 7) is 2.15. The third-order valence-electron chi connectivity index (χ3n) is 2.45. The minimum Gasteiger partial charge on any atom is -0.472 e. The van der Waals surface area contributed by atoms with Crippen LogP contribution in [0.2, 0.25) is 0 Å². The molecular formula is C12H16N2OS. The molecule has 0 bridgehead atoms. The molecule has 0 aliphatic heterocycles. The van der Waals surface area contributed by atoms with E-state index in [0.717, 1.165) is 35.5 Å². The average molecular weight is 236 g/mol. The molecule has 2 aromatic heterocycles. The molecular weight excluding hydrogens is 220 g/mol. The summed E-state index contributed by atoms with van der Waals surface area (Å²) < 4.78 is 5.04. The third-order valence-corrected chi connectivity index (χ3v) is 3.39. The van der Waals surface area contributed by atoms with Crippen LogP contribution in [0, 0.1) is 0 Å². The first kappa shape index (κ1) is 11.4. The normalized spacial score (nSPS) is 12.9. The molecule has 0 amide bonds. The highest BCUT2D eigenvalue weighted by Crippen LogP contribution is 2.24. The van der Waals surface area contributed by atoms with Crippen LogP contribution in [0.3, 0.4) is 0 Å². The van der Waals surface area contributed by atoms with Crippen molar-refractivity contribution in [1.82, 2.24) is 4.98 Å². The molecule has 1 atom stereocenters. The van der Waals surface area contributed by atoms with E-state index in [9.17, 15) is 0 Å². The van der Waals surface area contributed by atoms with Gasteiger partial charge < -0.3 is 10.2 Å². The summed E-state index contributed by atoms with van der Waals surface area (Å²) in [5.41, 5.74) is 8.12. The van der Waals surface area contributed by atoms with Crippen molar-refractivity contribution < 1.29 is 4.42 Å². The lowest BCUT2D eigenvalue weighted by Crippen LogP contribution is -2.22. The Morgan fingerprint density at radius 3 is 3.12 bits per heavy atom. The first-order chi connectivity index (χ1) is 7.79. The molecule has 0 radical (unpaired) electrons. The minimum atomic E-state index is 0.226. The second-order valence-electron chi connectivity index (χ2n) is 3.91. The molecule has 2 rings (SSSR count). The van der Waals surface area contributed by atoms with Crippen LogP contribution in [0.4, 0.5) is 0 Å². The predicted octanol–water partition coefficient (Wildman–Crippen LogP) is 3.07. The van der Waals surface area contributed by atoms with Gasteiger partial charge in [0.25, 0.3) is 0 Å². The SMILES string of the molecule is CCCC(N)Cc1csc(-c2ccoc2)n1. The summed E-state index contributed by atoms with van der Waals surface area (Å²) in [6, 6.07) is 2.15. The highest BCUT2D eigenvalue weighted by molar-refractivity contribution is 7.13. The molecule has 2 heterocycles. The van der Waals surface area contributed by atoms with Crippen LogP contribution in [0.1, 0.15) is 25.5 Å². The van der Waals surface area contributed by atoms with Gasteiger partial charge in [0, 0.05) is 23.4 Å². The van der Waals surface area contributed by atoms with Gasteiger partial charge in [0.1, 0.15) is 11.3 Å². The van der Waals surface area contributed by atoms with Gasteiger partial charge in [0.2, 0.25) is 0 Å². The molecule has 0 aliphatic rings. The molecule has 3 nitrogen and oxygen atoms in total. The Labute approximate surface area is 99.3 Å². The molecule has 0 aromatic carbocycles. The molecule has 0 saturated carbocycles. The number of nitrogens with two attached hydrogens (primary N) is 1. The van der Waals surface area contributed by atoms with Crippen LogP contribution in [-0.2, 0) is 6.42 Å². The molecule has 0 saturated heterocycles. The second-order valence-corrected chi connectivity index (χ2v) is 4.77. The molecule has 2 aromatic rings. The predicted molar refractivity (Wildman–Crippen MR) is 66.4 cm³/mol.